The summed E-state index contributed by atoms with van der Waals surface area (Å²) >= 11 is 0. The first-order valence-corrected chi connectivity index (χ1v) is 6.17. The van der Waals surface area contributed by atoms with Crippen LogP contribution in [0.25, 0.3) is 0 Å². The van der Waals surface area contributed by atoms with E-state index >= 15 is 0 Å². The monoisotopic (exact) mass is 308 g/mol. The zero-order chi connectivity index (χ0) is 16.2. The number of carbonyl (C=O) groups is 1. The van der Waals surface area contributed by atoms with Gasteiger partial charge in [0.05, 0.1) is 12.2 Å². The molecule has 0 saturated heterocycles. The van der Waals surface area contributed by atoms with Crippen molar-refractivity contribution in [3.8, 4) is 0 Å². The number of rotatable bonds is 6. The molecule has 0 atom stereocenters. The molecule has 118 valence electrons. The number of nitrogens with zero attached hydrogens (tertiary/aromatic N) is 2. The molecule has 0 spiro atoms. The Hall–Kier alpha value is -1.67. The van der Waals surface area contributed by atoms with Gasteiger partial charge < -0.3 is 14.9 Å². The van der Waals surface area contributed by atoms with E-state index in [4.69, 9.17) is 5.11 Å². The first kappa shape index (κ1) is 17.4. The van der Waals surface area contributed by atoms with Gasteiger partial charge in [-0.3, -0.25) is 4.79 Å². The van der Waals surface area contributed by atoms with Gasteiger partial charge in [-0.15, -0.1) is 0 Å². The molecule has 21 heavy (non-hydrogen) atoms. The molecule has 1 aromatic rings. The zero-order valence-corrected chi connectivity index (χ0v) is 11.7. The number of carbonyl (C=O) groups excluding carboxylic acids is 1. The van der Waals surface area contributed by atoms with Gasteiger partial charge >= 0.3 is 0 Å². The van der Waals surface area contributed by atoms with Crippen molar-refractivity contribution >= 4 is 5.91 Å². The van der Waals surface area contributed by atoms with Gasteiger partial charge in [0, 0.05) is 26.7 Å². The molecule has 0 saturated carbocycles. The minimum absolute atomic E-state index is 0.0584. The largest absolute Gasteiger partial charge is 0.395 e. The van der Waals surface area contributed by atoms with Gasteiger partial charge in [-0.1, -0.05) is 0 Å². The molecule has 1 amide bonds. The molecule has 4 nitrogen and oxygen atoms in total. The maximum absolute atomic E-state index is 13.5. The van der Waals surface area contributed by atoms with Crippen molar-refractivity contribution in [2.45, 2.75) is 0 Å². The van der Waals surface area contributed by atoms with Gasteiger partial charge in [-0.25, -0.2) is 17.6 Å². The summed E-state index contributed by atoms with van der Waals surface area (Å²) in [5.41, 5.74) is -0.862. The Morgan fingerprint density at radius 1 is 1.05 bits per heavy atom. The molecule has 0 aliphatic rings. The van der Waals surface area contributed by atoms with Crippen LogP contribution in [0.1, 0.15) is 10.4 Å². The number of benzene rings is 1. The summed E-state index contributed by atoms with van der Waals surface area (Å²) in [5, 5.41) is 8.72. The Bertz CT molecular complexity index is 525. The lowest BCUT2D eigenvalue weighted by atomic mass is 10.1. The van der Waals surface area contributed by atoms with E-state index in [2.05, 4.69) is 0 Å². The second kappa shape index (κ2) is 7.37. The van der Waals surface area contributed by atoms with Crippen LogP contribution in [-0.4, -0.2) is 61.2 Å². The molecule has 1 rings (SSSR count). The summed E-state index contributed by atoms with van der Waals surface area (Å²) in [6, 6.07) is 0.337. The second-order valence-electron chi connectivity index (χ2n) is 4.60. The summed E-state index contributed by atoms with van der Waals surface area (Å²) in [6.07, 6.45) is 0. The lowest BCUT2D eigenvalue weighted by molar-refractivity contribution is 0.0773. The summed E-state index contributed by atoms with van der Waals surface area (Å²) in [4.78, 5) is 14.7. The van der Waals surface area contributed by atoms with Crippen LogP contribution in [0.3, 0.4) is 0 Å². The maximum atomic E-state index is 13.5. The van der Waals surface area contributed by atoms with Crippen molar-refractivity contribution in [1.29, 1.82) is 0 Å². The van der Waals surface area contributed by atoms with Crippen molar-refractivity contribution in [2.75, 3.05) is 40.3 Å². The van der Waals surface area contributed by atoms with E-state index in [-0.39, 0.29) is 13.2 Å². The van der Waals surface area contributed by atoms with Crippen molar-refractivity contribution in [3.05, 3.63) is 34.9 Å². The van der Waals surface area contributed by atoms with E-state index in [1.165, 1.54) is 7.05 Å². The van der Waals surface area contributed by atoms with Crippen LogP contribution in [0.5, 0.6) is 0 Å². The fourth-order valence-corrected chi connectivity index (χ4v) is 1.64. The number of likely N-dealkylation sites (N-methyl/N-ethyl adjacent to an activating group) is 2. The van der Waals surface area contributed by atoms with Crippen LogP contribution < -0.4 is 0 Å². The average Bonchev–Trinajstić information content (AvgIpc) is 2.46. The Morgan fingerprint density at radius 3 is 2.24 bits per heavy atom. The van der Waals surface area contributed by atoms with Crippen molar-refractivity contribution in [3.63, 3.8) is 0 Å². The predicted octanol–water partition coefficient (Wildman–Crippen LogP) is 1.24. The van der Waals surface area contributed by atoms with E-state index < -0.39 is 34.7 Å². The molecule has 0 fully saturated rings. The first-order chi connectivity index (χ1) is 9.79. The topological polar surface area (TPSA) is 43.8 Å². The summed E-state index contributed by atoms with van der Waals surface area (Å²) in [6.45, 7) is 0.847. The molecular weight excluding hydrogens is 292 g/mol. The molecule has 0 aliphatic carbocycles. The van der Waals surface area contributed by atoms with Gasteiger partial charge in [0.15, 0.2) is 23.3 Å². The van der Waals surface area contributed by atoms with Gasteiger partial charge in [0.2, 0.25) is 0 Å². The van der Waals surface area contributed by atoms with Crippen LogP contribution in [0, 0.1) is 23.3 Å². The number of amides is 1. The SMILES string of the molecule is CN(CCO)CCN(C)C(=O)c1cc(F)c(F)c(F)c1F. The van der Waals surface area contributed by atoms with E-state index in [0.29, 0.717) is 19.2 Å². The van der Waals surface area contributed by atoms with E-state index in [1.54, 1.807) is 11.9 Å². The quantitative estimate of drug-likeness (QED) is 0.488. The average molecular weight is 308 g/mol. The van der Waals surface area contributed by atoms with Crippen LogP contribution in [0.2, 0.25) is 0 Å². The minimum atomic E-state index is -2.01. The lowest BCUT2D eigenvalue weighted by Crippen LogP contribution is -2.36. The van der Waals surface area contributed by atoms with Crippen LogP contribution >= 0.6 is 0 Å². The second-order valence-corrected chi connectivity index (χ2v) is 4.60. The molecular formula is C13H16F4N2O2. The van der Waals surface area contributed by atoms with E-state index in [1.807, 2.05) is 0 Å². The Balaban J connectivity index is 2.84. The molecule has 0 radical (unpaired) electrons. The first-order valence-electron chi connectivity index (χ1n) is 6.17. The van der Waals surface area contributed by atoms with Crippen LogP contribution in [0.15, 0.2) is 6.07 Å². The fraction of sp³-hybridized carbons (Fsp3) is 0.462. The van der Waals surface area contributed by atoms with Crippen molar-refractivity contribution in [2.24, 2.45) is 0 Å². The summed E-state index contributed by atoms with van der Waals surface area (Å²) < 4.78 is 52.5. The zero-order valence-electron chi connectivity index (χ0n) is 11.7. The number of aliphatic hydroxyl groups is 1. The highest BCUT2D eigenvalue weighted by molar-refractivity contribution is 5.94. The van der Waals surface area contributed by atoms with Crippen LogP contribution in [0.4, 0.5) is 17.6 Å². The third kappa shape index (κ3) is 4.15. The van der Waals surface area contributed by atoms with E-state index in [9.17, 15) is 22.4 Å². The number of hydrogen-bond donors (Lipinski definition) is 1. The van der Waals surface area contributed by atoms with Crippen molar-refractivity contribution in [1.82, 2.24) is 9.80 Å². The molecule has 0 unspecified atom stereocenters. The minimum Gasteiger partial charge on any atom is -0.395 e. The molecule has 0 bridgehead atoms. The molecule has 0 heterocycles. The lowest BCUT2D eigenvalue weighted by Gasteiger charge is -2.22. The summed E-state index contributed by atoms with van der Waals surface area (Å²) in [7, 11) is 3.03. The Kier molecular flexibility index (Phi) is 6.10. The highest BCUT2D eigenvalue weighted by Gasteiger charge is 2.24. The van der Waals surface area contributed by atoms with Gasteiger partial charge in [-0.2, -0.15) is 0 Å². The Labute approximate surface area is 119 Å². The number of hydrogen-bond acceptors (Lipinski definition) is 3. The van der Waals surface area contributed by atoms with Gasteiger partial charge in [0.1, 0.15) is 0 Å². The van der Waals surface area contributed by atoms with Crippen LogP contribution in [-0.2, 0) is 0 Å². The molecule has 1 aromatic carbocycles. The highest BCUT2D eigenvalue weighted by atomic mass is 19.2. The van der Waals surface area contributed by atoms with Gasteiger partial charge in [-0.05, 0) is 13.1 Å². The molecule has 0 aliphatic heterocycles. The standard InChI is InChI=1S/C13H16F4N2O2/c1-18(5-6-20)3-4-19(2)13(21)8-7-9(14)11(16)12(17)10(8)15/h7,20H,3-6H2,1-2H3. The smallest absolute Gasteiger partial charge is 0.256 e. The highest BCUT2D eigenvalue weighted by Crippen LogP contribution is 2.19. The maximum Gasteiger partial charge on any atom is 0.256 e. The number of aliphatic hydroxyl groups excluding tert-OH is 1. The van der Waals surface area contributed by atoms with Crippen molar-refractivity contribution < 1.29 is 27.5 Å². The fourth-order valence-electron chi connectivity index (χ4n) is 1.64. The molecule has 8 heteroatoms. The third-order valence-corrected chi connectivity index (χ3v) is 2.98. The number of halogens is 4. The van der Waals surface area contributed by atoms with E-state index in [0.717, 1.165) is 4.90 Å². The van der Waals surface area contributed by atoms with Gasteiger partial charge in [0.25, 0.3) is 5.91 Å². The predicted molar refractivity (Wildman–Crippen MR) is 67.8 cm³/mol. The normalized spacial score (nSPS) is 11.0. The third-order valence-electron chi connectivity index (χ3n) is 2.98. The molecule has 1 N–H and O–H groups in total. The Morgan fingerprint density at radius 2 is 1.67 bits per heavy atom. The summed E-state index contributed by atoms with van der Waals surface area (Å²) in [5.74, 6) is -8.25. The molecule has 0 aromatic heterocycles.